The van der Waals surface area contributed by atoms with Gasteiger partial charge in [0, 0.05) is 13.0 Å². The van der Waals surface area contributed by atoms with Crippen LogP contribution in [0.5, 0.6) is 0 Å². The van der Waals surface area contributed by atoms with Gasteiger partial charge in [0.15, 0.2) is 6.61 Å². The van der Waals surface area contributed by atoms with Crippen LogP contribution in [0.3, 0.4) is 0 Å². The van der Waals surface area contributed by atoms with Crippen LogP contribution in [0.4, 0.5) is 13.2 Å². The van der Waals surface area contributed by atoms with Crippen LogP contribution in [-0.2, 0) is 9.63 Å². The van der Waals surface area contributed by atoms with Crippen LogP contribution in [0.25, 0.3) is 0 Å². The Morgan fingerprint density at radius 3 is 2.43 bits per heavy atom. The Bertz CT molecular complexity index is 182. The molecule has 1 N–H and O–H groups in total. The summed E-state index contributed by atoms with van der Waals surface area (Å²) in [6.07, 6.45) is -4.32. The Labute approximate surface area is 80.0 Å². The number of carbonyl (C=O) groups is 1. The van der Waals surface area contributed by atoms with E-state index < -0.39 is 18.7 Å². The number of amides is 1. The first-order chi connectivity index (χ1) is 6.31. The number of nitrogens with zero attached hydrogens (tertiary/aromatic N) is 1. The van der Waals surface area contributed by atoms with E-state index in [1.165, 1.54) is 0 Å². The molecule has 0 spiro atoms. The molecule has 0 radical (unpaired) electrons. The van der Waals surface area contributed by atoms with Crippen LogP contribution in [0.15, 0.2) is 0 Å². The van der Waals surface area contributed by atoms with Gasteiger partial charge in [-0.1, -0.05) is 0 Å². The fraction of sp³-hybridized carbons (Fsp3) is 0.857. The van der Waals surface area contributed by atoms with Gasteiger partial charge in [0.2, 0.25) is 5.91 Å². The Morgan fingerprint density at radius 1 is 1.43 bits per heavy atom. The second kappa shape index (κ2) is 5.82. The molecule has 0 saturated heterocycles. The van der Waals surface area contributed by atoms with E-state index in [-0.39, 0.29) is 6.42 Å². The fourth-order valence-electron chi connectivity index (χ4n) is 0.575. The van der Waals surface area contributed by atoms with Crippen molar-refractivity contribution in [2.24, 2.45) is 0 Å². The van der Waals surface area contributed by atoms with Gasteiger partial charge in [-0.15, -0.1) is 0 Å². The smallest absolute Gasteiger partial charge is 0.309 e. The first kappa shape index (κ1) is 13.2. The van der Waals surface area contributed by atoms with Gasteiger partial charge >= 0.3 is 6.18 Å². The van der Waals surface area contributed by atoms with Crippen molar-refractivity contribution in [3.05, 3.63) is 0 Å². The number of hydroxylamine groups is 1. The summed E-state index contributed by atoms with van der Waals surface area (Å²) in [5.74, 6) is -0.567. The van der Waals surface area contributed by atoms with Crippen molar-refractivity contribution in [1.29, 1.82) is 0 Å². The van der Waals surface area contributed by atoms with Crippen molar-refractivity contribution in [2.75, 3.05) is 27.2 Å². The molecule has 0 rings (SSSR count). The second-order valence-corrected chi connectivity index (χ2v) is 2.98. The fourth-order valence-corrected chi connectivity index (χ4v) is 0.575. The Kier molecular flexibility index (Phi) is 5.47. The number of rotatable bonds is 5. The molecule has 0 saturated carbocycles. The van der Waals surface area contributed by atoms with Crippen LogP contribution in [0.2, 0.25) is 0 Å². The molecule has 84 valence electrons. The summed E-state index contributed by atoms with van der Waals surface area (Å²) in [5.41, 5.74) is 1.71. The second-order valence-electron chi connectivity index (χ2n) is 2.98. The molecule has 0 aliphatic heterocycles. The third-order valence-electron chi connectivity index (χ3n) is 1.21. The molecular formula is C7H13F3N2O2. The van der Waals surface area contributed by atoms with E-state index in [1.54, 1.807) is 24.5 Å². The van der Waals surface area contributed by atoms with E-state index in [4.69, 9.17) is 0 Å². The first-order valence-corrected chi connectivity index (χ1v) is 3.93. The molecule has 0 aromatic rings. The Balaban J connectivity index is 3.46. The van der Waals surface area contributed by atoms with Crippen molar-refractivity contribution < 1.29 is 22.8 Å². The summed E-state index contributed by atoms with van der Waals surface area (Å²) in [4.78, 5) is 16.5. The number of halogens is 3. The molecular weight excluding hydrogens is 201 g/mol. The predicted molar refractivity (Wildman–Crippen MR) is 43.3 cm³/mol. The number of alkyl halides is 3. The van der Waals surface area contributed by atoms with Crippen molar-refractivity contribution in [1.82, 2.24) is 10.4 Å². The maximum atomic E-state index is 11.5. The van der Waals surface area contributed by atoms with Crippen LogP contribution >= 0.6 is 0 Å². The maximum absolute atomic E-state index is 11.5. The highest BCUT2D eigenvalue weighted by atomic mass is 19.4. The van der Waals surface area contributed by atoms with Crippen LogP contribution < -0.4 is 5.48 Å². The maximum Gasteiger partial charge on any atom is 0.414 e. The summed E-state index contributed by atoms with van der Waals surface area (Å²) in [7, 11) is 3.51. The molecule has 0 fully saturated rings. The molecule has 0 aromatic heterocycles. The van der Waals surface area contributed by atoms with E-state index in [0.717, 1.165) is 0 Å². The third kappa shape index (κ3) is 9.27. The van der Waals surface area contributed by atoms with Crippen molar-refractivity contribution in [2.45, 2.75) is 12.6 Å². The summed E-state index contributed by atoms with van der Waals surface area (Å²) in [5, 5.41) is 0. The quantitative estimate of drug-likeness (QED) is 0.679. The molecule has 0 atom stereocenters. The monoisotopic (exact) mass is 214 g/mol. The van der Waals surface area contributed by atoms with E-state index in [0.29, 0.717) is 6.54 Å². The van der Waals surface area contributed by atoms with Gasteiger partial charge in [-0.25, -0.2) is 5.48 Å². The van der Waals surface area contributed by atoms with Gasteiger partial charge in [0.25, 0.3) is 0 Å². The van der Waals surface area contributed by atoms with Gasteiger partial charge in [-0.3, -0.25) is 9.63 Å². The number of nitrogens with one attached hydrogen (secondary N) is 1. The van der Waals surface area contributed by atoms with Gasteiger partial charge in [-0.2, -0.15) is 13.2 Å². The van der Waals surface area contributed by atoms with Gasteiger partial charge in [-0.05, 0) is 14.1 Å². The zero-order valence-corrected chi connectivity index (χ0v) is 8.02. The number of hydrogen-bond acceptors (Lipinski definition) is 3. The van der Waals surface area contributed by atoms with Gasteiger partial charge in [0.05, 0.1) is 0 Å². The van der Waals surface area contributed by atoms with Crippen LogP contribution in [0, 0.1) is 0 Å². The van der Waals surface area contributed by atoms with Crippen molar-refractivity contribution in [3.63, 3.8) is 0 Å². The van der Waals surface area contributed by atoms with Gasteiger partial charge in [0.1, 0.15) is 0 Å². The lowest BCUT2D eigenvalue weighted by molar-refractivity contribution is -0.191. The Hall–Kier alpha value is -0.820. The lowest BCUT2D eigenvalue weighted by Gasteiger charge is -2.10. The average molecular weight is 214 g/mol. The van der Waals surface area contributed by atoms with Crippen molar-refractivity contribution >= 4 is 5.91 Å². The lowest BCUT2D eigenvalue weighted by atomic mass is 10.4. The standard InChI is InChI=1S/C7H13F3N2O2/c1-12(2)4-3-6(13)11-14-5-7(8,9)10/h3-5H2,1-2H3,(H,11,13). The predicted octanol–water partition coefficient (Wildman–Crippen LogP) is 0.548. The lowest BCUT2D eigenvalue weighted by Crippen LogP contribution is -2.31. The summed E-state index contributed by atoms with van der Waals surface area (Å²) in [6.45, 7) is -1.01. The zero-order chi connectivity index (χ0) is 11.2. The SMILES string of the molecule is CN(C)CCC(=O)NOCC(F)(F)F. The minimum Gasteiger partial charge on any atom is -0.309 e. The van der Waals surface area contributed by atoms with Crippen LogP contribution in [0.1, 0.15) is 6.42 Å². The minimum atomic E-state index is -4.42. The highest BCUT2D eigenvalue weighted by Gasteiger charge is 2.28. The molecule has 0 unspecified atom stereocenters. The topological polar surface area (TPSA) is 41.6 Å². The van der Waals surface area contributed by atoms with Gasteiger partial charge < -0.3 is 4.90 Å². The molecule has 0 aliphatic carbocycles. The number of hydrogen-bond donors (Lipinski definition) is 1. The van der Waals surface area contributed by atoms with Crippen LogP contribution in [-0.4, -0.2) is 44.2 Å². The van der Waals surface area contributed by atoms with E-state index in [2.05, 4.69) is 4.84 Å². The highest BCUT2D eigenvalue weighted by molar-refractivity contribution is 5.74. The molecule has 0 heterocycles. The van der Waals surface area contributed by atoms with E-state index in [1.807, 2.05) is 0 Å². The molecule has 4 nitrogen and oxygen atoms in total. The summed E-state index contributed by atoms with van der Waals surface area (Å²) >= 11 is 0. The molecule has 0 bridgehead atoms. The molecule has 0 aromatic carbocycles. The average Bonchev–Trinajstić information content (AvgIpc) is 1.98. The highest BCUT2D eigenvalue weighted by Crippen LogP contribution is 2.13. The normalized spacial score (nSPS) is 11.9. The number of carbonyl (C=O) groups excluding carboxylic acids is 1. The first-order valence-electron chi connectivity index (χ1n) is 3.93. The van der Waals surface area contributed by atoms with E-state index in [9.17, 15) is 18.0 Å². The van der Waals surface area contributed by atoms with E-state index >= 15 is 0 Å². The summed E-state index contributed by atoms with van der Waals surface area (Å²) < 4.78 is 34.6. The molecule has 14 heavy (non-hydrogen) atoms. The third-order valence-corrected chi connectivity index (χ3v) is 1.21. The Morgan fingerprint density at radius 2 is 2.00 bits per heavy atom. The summed E-state index contributed by atoms with van der Waals surface area (Å²) in [6, 6.07) is 0. The molecule has 0 aliphatic rings. The molecule has 1 amide bonds. The minimum absolute atomic E-state index is 0.102. The van der Waals surface area contributed by atoms with Crippen molar-refractivity contribution in [3.8, 4) is 0 Å². The zero-order valence-electron chi connectivity index (χ0n) is 8.02. The largest absolute Gasteiger partial charge is 0.414 e. The molecule has 7 heteroatoms.